The van der Waals surface area contributed by atoms with Crippen molar-refractivity contribution in [1.29, 1.82) is 0 Å². The average Bonchev–Trinajstić information content (AvgIpc) is 2.67. The minimum Gasteiger partial charge on any atom is -0.381 e. The monoisotopic (exact) mass is 373 g/mol. The lowest BCUT2D eigenvalue weighted by molar-refractivity contribution is -0.188. The first-order valence-electron chi connectivity index (χ1n) is 10.2. The third-order valence-electron chi connectivity index (χ3n) is 6.36. The number of ether oxygens (including phenoxy) is 3. The first kappa shape index (κ1) is 18.9. The molecule has 0 radical (unpaired) electrons. The van der Waals surface area contributed by atoms with Crippen LogP contribution in [0.3, 0.4) is 0 Å². The Morgan fingerprint density at radius 3 is 2.67 bits per heavy atom. The Morgan fingerprint density at radius 1 is 1.15 bits per heavy atom. The van der Waals surface area contributed by atoms with E-state index in [2.05, 4.69) is 6.92 Å². The van der Waals surface area contributed by atoms with Crippen LogP contribution in [0.5, 0.6) is 0 Å². The van der Waals surface area contributed by atoms with Crippen LogP contribution >= 0.6 is 0 Å². The number of hydrogen-bond acceptors (Lipinski definition) is 4. The predicted octanol–water partition coefficient (Wildman–Crippen LogP) is 3.12. The molecular formula is C22H31NO4. The smallest absolute Gasteiger partial charge is 0.254 e. The van der Waals surface area contributed by atoms with E-state index in [0.29, 0.717) is 19.0 Å². The quantitative estimate of drug-likeness (QED) is 0.814. The van der Waals surface area contributed by atoms with Crippen LogP contribution in [0.15, 0.2) is 18.2 Å². The molecule has 0 N–H and O–H groups in total. The summed E-state index contributed by atoms with van der Waals surface area (Å²) in [6.07, 6.45) is 4.31. The van der Waals surface area contributed by atoms with Gasteiger partial charge in [0.05, 0.1) is 19.2 Å². The van der Waals surface area contributed by atoms with Crippen LogP contribution in [-0.2, 0) is 14.2 Å². The molecule has 3 saturated heterocycles. The van der Waals surface area contributed by atoms with E-state index >= 15 is 0 Å². The van der Waals surface area contributed by atoms with Gasteiger partial charge in [-0.2, -0.15) is 0 Å². The number of carbonyl (C=O) groups excluding carboxylic acids is 1. The summed E-state index contributed by atoms with van der Waals surface area (Å²) in [7, 11) is 0. The van der Waals surface area contributed by atoms with Gasteiger partial charge in [0.1, 0.15) is 5.60 Å². The molecule has 1 spiro atoms. The van der Waals surface area contributed by atoms with Gasteiger partial charge in [-0.25, -0.2) is 0 Å². The first-order valence-corrected chi connectivity index (χ1v) is 10.2. The Bertz CT molecular complexity index is 677. The SMILES string of the molecule is Cc1ccc(C(=O)N2CC3(C[C@H](OCC4CCOCC4)CCO3)C2)cc1C. The second-order valence-electron chi connectivity index (χ2n) is 8.50. The molecule has 1 aromatic rings. The van der Waals surface area contributed by atoms with Crippen LogP contribution in [0.1, 0.15) is 47.2 Å². The van der Waals surface area contributed by atoms with Crippen LogP contribution in [0.2, 0.25) is 0 Å². The topological polar surface area (TPSA) is 48.0 Å². The maximum absolute atomic E-state index is 12.8. The van der Waals surface area contributed by atoms with Crippen LogP contribution in [0.4, 0.5) is 0 Å². The van der Waals surface area contributed by atoms with Crippen molar-refractivity contribution in [2.45, 2.75) is 51.2 Å². The minimum absolute atomic E-state index is 0.109. The third kappa shape index (κ3) is 4.20. The summed E-state index contributed by atoms with van der Waals surface area (Å²) < 4.78 is 17.7. The predicted molar refractivity (Wildman–Crippen MR) is 103 cm³/mol. The molecule has 27 heavy (non-hydrogen) atoms. The standard InChI is InChI=1S/C22H31NO4/c1-16-3-4-19(11-17(16)2)21(24)23-14-22(15-23)12-20(7-10-27-22)26-13-18-5-8-25-9-6-18/h3-4,11,18,20H,5-10,12-15H2,1-2H3/t20-/m1/s1. The molecule has 0 aliphatic carbocycles. The van der Waals surface area contributed by atoms with Crippen molar-refractivity contribution >= 4 is 5.91 Å². The molecule has 4 rings (SSSR count). The molecule has 0 unspecified atom stereocenters. The third-order valence-corrected chi connectivity index (χ3v) is 6.36. The number of nitrogens with zero attached hydrogens (tertiary/aromatic N) is 1. The van der Waals surface area contributed by atoms with Gasteiger partial charge in [-0.05, 0) is 62.3 Å². The van der Waals surface area contributed by atoms with E-state index in [4.69, 9.17) is 14.2 Å². The summed E-state index contributed by atoms with van der Waals surface area (Å²) in [5.41, 5.74) is 2.95. The number of hydrogen-bond donors (Lipinski definition) is 0. The zero-order chi connectivity index (χ0) is 18.9. The summed E-state index contributed by atoms with van der Waals surface area (Å²) in [5.74, 6) is 0.736. The van der Waals surface area contributed by atoms with Crippen LogP contribution in [0.25, 0.3) is 0 Å². The Kier molecular flexibility index (Phi) is 5.53. The summed E-state index contributed by atoms with van der Waals surface area (Å²) in [4.78, 5) is 14.7. The maximum Gasteiger partial charge on any atom is 0.254 e. The molecule has 5 nitrogen and oxygen atoms in total. The molecule has 3 aliphatic rings. The van der Waals surface area contributed by atoms with E-state index in [-0.39, 0.29) is 17.6 Å². The van der Waals surface area contributed by atoms with Gasteiger partial charge in [0, 0.05) is 38.4 Å². The molecule has 3 fully saturated rings. The number of rotatable bonds is 4. The van der Waals surface area contributed by atoms with Crippen LogP contribution in [0, 0.1) is 19.8 Å². The van der Waals surface area contributed by atoms with Gasteiger partial charge in [-0.15, -0.1) is 0 Å². The fourth-order valence-electron chi connectivity index (χ4n) is 4.38. The van der Waals surface area contributed by atoms with Crippen molar-refractivity contribution in [3.05, 3.63) is 34.9 Å². The van der Waals surface area contributed by atoms with E-state index < -0.39 is 0 Å². The summed E-state index contributed by atoms with van der Waals surface area (Å²) in [6, 6.07) is 5.94. The minimum atomic E-state index is -0.200. The Hall–Kier alpha value is -1.43. The van der Waals surface area contributed by atoms with Gasteiger partial charge >= 0.3 is 0 Å². The van der Waals surface area contributed by atoms with E-state index in [1.807, 2.05) is 30.0 Å². The molecule has 0 saturated carbocycles. The lowest BCUT2D eigenvalue weighted by Gasteiger charge is -2.53. The van der Waals surface area contributed by atoms with Crippen molar-refractivity contribution in [2.24, 2.45) is 5.92 Å². The lowest BCUT2D eigenvalue weighted by atomic mass is 9.84. The molecule has 0 bridgehead atoms. The molecule has 0 aromatic heterocycles. The Balaban J connectivity index is 1.28. The number of aryl methyl sites for hydroxylation is 2. The average molecular weight is 373 g/mol. The van der Waals surface area contributed by atoms with Gasteiger partial charge in [0.15, 0.2) is 0 Å². The molecule has 1 aromatic carbocycles. The van der Waals surface area contributed by atoms with Crippen molar-refractivity contribution in [2.75, 3.05) is 39.5 Å². The van der Waals surface area contributed by atoms with Gasteiger partial charge in [-0.1, -0.05) is 6.07 Å². The molecular weight excluding hydrogens is 342 g/mol. The van der Waals surface area contributed by atoms with E-state index in [1.54, 1.807) is 0 Å². The van der Waals surface area contributed by atoms with E-state index in [9.17, 15) is 4.79 Å². The molecule has 3 heterocycles. The summed E-state index contributed by atoms with van der Waals surface area (Å²) in [6.45, 7) is 8.75. The maximum atomic E-state index is 12.8. The van der Waals surface area contributed by atoms with Crippen molar-refractivity contribution in [3.8, 4) is 0 Å². The molecule has 148 valence electrons. The van der Waals surface area contributed by atoms with Crippen LogP contribution in [-0.4, -0.2) is 62.0 Å². The highest BCUT2D eigenvalue weighted by Gasteiger charge is 2.49. The Labute approximate surface area is 162 Å². The second-order valence-corrected chi connectivity index (χ2v) is 8.50. The fraction of sp³-hybridized carbons (Fsp3) is 0.682. The van der Waals surface area contributed by atoms with Crippen LogP contribution < -0.4 is 0 Å². The summed E-state index contributed by atoms with van der Waals surface area (Å²) in [5, 5.41) is 0. The fourth-order valence-corrected chi connectivity index (χ4v) is 4.38. The molecule has 1 amide bonds. The van der Waals surface area contributed by atoms with E-state index in [1.165, 1.54) is 5.56 Å². The highest BCUT2D eigenvalue weighted by atomic mass is 16.5. The zero-order valence-corrected chi connectivity index (χ0v) is 16.5. The van der Waals surface area contributed by atoms with Crippen molar-refractivity contribution < 1.29 is 19.0 Å². The highest BCUT2D eigenvalue weighted by Crippen LogP contribution is 2.36. The van der Waals surface area contributed by atoms with Gasteiger partial charge in [0.2, 0.25) is 0 Å². The summed E-state index contributed by atoms with van der Waals surface area (Å²) >= 11 is 0. The van der Waals surface area contributed by atoms with Gasteiger partial charge < -0.3 is 19.1 Å². The molecule has 1 atom stereocenters. The van der Waals surface area contributed by atoms with Crippen molar-refractivity contribution in [1.82, 2.24) is 4.90 Å². The van der Waals surface area contributed by atoms with E-state index in [0.717, 1.165) is 63.2 Å². The lowest BCUT2D eigenvalue weighted by Crippen LogP contribution is -2.67. The normalized spacial score (nSPS) is 25.4. The van der Waals surface area contributed by atoms with Gasteiger partial charge in [0.25, 0.3) is 5.91 Å². The van der Waals surface area contributed by atoms with Gasteiger partial charge in [-0.3, -0.25) is 4.79 Å². The second kappa shape index (κ2) is 7.90. The number of amides is 1. The number of likely N-dealkylation sites (tertiary alicyclic amines) is 1. The first-order chi connectivity index (χ1) is 13.0. The number of benzene rings is 1. The van der Waals surface area contributed by atoms with Crippen molar-refractivity contribution in [3.63, 3.8) is 0 Å². The molecule has 5 heteroatoms. The zero-order valence-electron chi connectivity index (χ0n) is 16.5. The number of carbonyl (C=O) groups is 1. The highest BCUT2D eigenvalue weighted by molar-refractivity contribution is 5.95. The largest absolute Gasteiger partial charge is 0.381 e. The Morgan fingerprint density at radius 2 is 1.93 bits per heavy atom. The molecule has 3 aliphatic heterocycles.